The minimum Gasteiger partial charge on any atom is -0.487 e. The van der Waals surface area contributed by atoms with Gasteiger partial charge in [-0.05, 0) is 60.4 Å². The van der Waals surface area contributed by atoms with Gasteiger partial charge in [0.15, 0.2) is 0 Å². The van der Waals surface area contributed by atoms with Crippen LogP contribution in [0.25, 0.3) is 18.2 Å². The standard InChI is InChI=1S/C32H30N2O/c1-24(21-25(2)14-16-28-9-8-12-32-31(28)11-5-7-20-34-32)13-15-27-17-18-30(22-26(27)3)35-23-29-10-4-6-19-33-29/h4-6,8-20,22H,1-2,7,21,23H2,3H3/b15-13+,16-14+. The molecule has 0 fully saturated rings. The van der Waals surface area contributed by atoms with Gasteiger partial charge < -0.3 is 4.74 Å². The lowest BCUT2D eigenvalue weighted by molar-refractivity contribution is 0.301. The monoisotopic (exact) mass is 458 g/mol. The molecule has 0 saturated carbocycles. The predicted molar refractivity (Wildman–Crippen MR) is 149 cm³/mol. The number of aromatic nitrogens is 1. The van der Waals surface area contributed by atoms with E-state index in [0.29, 0.717) is 13.0 Å². The topological polar surface area (TPSA) is 34.5 Å². The van der Waals surface area contributed by atoms with E-state index in [-0.39, 0.29) is 0 Å². The Morgan fingerprint density at radius 3 is 2.57 bits per heavy atom. The molecule has 0 unspecified atom stereocenters. The molecule has 35 heavy (non-hydrogen) atoms. The minimum absolute atomic E-state index is 0.456. The first kappa shape index (κ1) is 23.9. The van der Waals surface area contributed by atoms with Crippen molar-refractivity contribution in [3.8, 4) is 5.75 Å². The van der Waals surface area contributed by atoms with Crippen LogP contribution in [0.1, 0.15) is 40.8 Å². The molecule has 0 spiro atoms. The van der Waals surface area contributed by atoms with Crippen molar-refractivity contribution in [2.24, 2.45) is 4.99 Å². The summed E-state index contributed by atoms with van der Waals surface area (Å²) < 4.78 is 5.88. The molecule has 0 atom stereocenters. The van der Waals surface area contributed by atoms with E-state index in [1.807, 2.05) is 48.7 Å². The lowest BCUT2D eigenvalue weighted by Gasteiger charge is -2.08. The maximum atomic E-state index is 5.88. The Balaban J connectivity index is 1.33. The Labute approximate surface area is 208 Å². The zero-order valence-electron chi connectivity index (χ0n) is 20.2. The van der Waals surface area contributed by atoms with Gasteiger partial charge in [0.25, 0.3) is 0 Å². The van der Waals surface area contributed by atoms with Crippen LogP contribution in [0.15, 0.2) is 108 Å². The molecule has 0 N–H and O–H groups in total. The Morgan fingerprint density at radius 2 is 1.80 bits per heavy atom. The molecule has 0 radical (unpaired) electrons. The van der Waals surface area contributed by atoms with Crippen molar-refractivity contribution in [1.29, 1.82) is 0 Å². The zero-order valence-corrected chi connectivity index (χ0v) is 20.2. The Morgan fingerprint density at radius 1 is 0.971 bits per heavy atom. The van der Waals surface area contributed by atoms with Crippen LogP contribution in [0.3, 0.4) is 0 Å². The summed E-state index contributed by atoms with van der Waals surface area (Å²) in [6, 6.07) is 18.1. The fourth-order valence-electron chi connectivity index (χ4n) is 3.80. The van der Waals surface area contributed by atoms with Crippen molar-refractivity contribution in [1.82, 2.24) is 4.98 Å². The Hall–Kier alpha value is -4.24. The molecule has 3 heteroatoms. The average molecular weight is 459 g/mol. The molecule has 174 valence electrons. The number of fused-ring (bicyclic) bond motifs is 1. The van der Waals surface area contributed by atoms with Gasteiger partial charge in [0.2, 0.25) is 0 Å². The predicted octanol–water partition coefficient (Wildman–Crippen LogP) is 8.32. The highest BCUT2D eigenvalue weighted by molar-refractivity contribution is 5.80. The number of allylic oxidation sites excluding steroid dienone is 5. The lowest BCUT2D eigenvalue weighted by atomic mass is 10.0. The van der Waals surface area contributed by atoms with Crippen LogP contribution in [0.5, 0.6) is 5.75 Å². The molecule has 0 amide bonds. The summed E-state index contributed by atoms with van der Waals surface area (Å²) in [5.74, 6) is 0.835. The molecule has 3 nitrogen and oxygen atoms in total. The van der Waals surface area contributed by atoms with Crippen molar-refractivity contribution in [3.05, 3.63) is 131 Å². The van der Waals surface area contributed by atoms with Crippen molar-refractivity contribution in [2.45, 2.75) is 26.4 Å². The van der Waals surface area contributed by atoms with Crippen molar-refractivity contribution < 1.29 is 4.74 Å². The second-order valence-corrected chi connectivity index (χ2v) is 8.52. The number of nitrogens with zero attached hydrogens (tertiary/aromatic N) is 2. The van der Waals surface area contributed by atoms with E-state index in [0.717, 1.165) is 57.0 Å². The van der Waals surface area contributed by atoms with E-state index in [4.69, 9.17) is 4.74 Å². The van der Waals surface area contributed by atoms with Gasteiger partial charge in [-0.15, -0.1) is 0 Å². The number of aliphatic imine (C=N–C) groups is 1. The van der Waals surface area contributed by atoms with Crippen LogP contribution in [0.2, 0.25) is 0 Å². The summed E-state index contributed by atoms with van der Waals surface area (Å²) in [5, 5.41) is 0. The molecule has 0 bridgehead atoms. The SMILES string of the molecule is C=C(/C=C/c1ccc(OCc2ccccn2)cc1C)CC(=C)/C=C/c1cccc2c1C=CCC=N2. The van der Waals surface area contributed by atoms with Crippen LogP contribution < -0.4 is 4.74 Å². The fourth-order valence-corrected chi connectivity index (χ4v) is 3.80. The summed E-state index contributed by atoms with van der Waals surface area (Å²) in [6.07, 6.45) is 17.9. The molecule has 1 aliphatic rings. The molecule has 0 aliphatic carbocycles. The Kier molecular flexibility index (Phi) is 8.03. The van der Waals surface area contributed by atoms with Gasteiger partial charge in [0, 0.05) is 24.4 Å². The molecule has 1 aromatic heterocycles. The fraction of sp³-hybridized carbons (Fsp3) is 0.125. The van der Waals surface area contributed by atoms with Gasteiger partial charge in [-0.25, -0.2) is 0 Å². The second kappa shape index (κ2) is 11.8. The normalized spacial score (nSPS) is 12.6. The number of ether oxygens (including phenoxy) is 1. The number of hydrogen-bond acceptors (Lipinski definition) is 3. The molecule has 2 heterocycles. The lowest BCUT2D eigenvalue weighted by Crippen LogP contribution is -1.98. The van der Waals surface area contributed by atoms with Crippen molar-refractivity contribution in [3.63, 3.8) is 0 Å². The van der Waals surface area contributed by atoms with Gasteiger partial charge in [-0.1, -0.05) is 85.0 Å². The number of aryl methyl sites for hydroxylation is 1. The average Bonchev–Trinajstić information content (AvgIpc) is 3.12. The van der Waals surface area contributed by atoms with Gasteiger partial charge in [0.05, 0.1) is 11.4 Å². The molecular formula is C32H30N2O. The van der Waals surface area contributed by atoms with Crippen LogP contribution in [0, 0.1) is 6.92 Å². The minimum atomic E-state index is 0.456. The number of pyridine rings is 1. The summed E-state index contributed by atoms with van der Waals surface area (Å²) >= 11 is 0. The largest absolute Gasteiger partial charge is 0.487 e. The third-order valence-electron chi connectivity index (χ3n) is 5.68. The van der Waals surface area contributed by atoms with Gasteiger partial charge in [-0.2, -0.15) is 0 Å². The first-order chi connectivity index (χ1) is 17.1. The molecule has 0 saturated heterocycles. The van der Waals surface area contributed by atoms with Crippen LogP contribution >= 0.6 is 0 Å². The van der Waals surface area contributed by atoms with Gasteiger partial charge >= 0.3 is 0 Å². The highest BCUT2D eigenvalue weighted by Gasteiger charge is 2.05. The highest BCUT2D eigenvalue weighted by atomic mass is 16.5. The summed E-state index contributed by atoms with van der Waals surface area (Å²) in [4.78, 5) is 8.83. The molecule has 2 aromatic carbocycles. The van der Waals surface area contributed by atoms with Gasteiger partial charge in [-0.3, -0.25) is 9.98 Å². The molecular weight excluding hydrogens is 428 g/mol. The Bertz CT molecular complexity index is 1330. The molecule has 3 aromatic rings. The second-order valence-electron chi connectivity index (χ2n) is 8.52. The van der Waals surface area contributed by atoms with E-state index in [2.05, 4.69) is 78.6 Å². The smallest absolute Gasteiger partial charge is 0.130 e. The third-order valence-corrected chi connectivity index (χ3v) is 5.68. The quantitative estimate of drug-likeness (QED) is 0.302. The van der Waals surface area contributed by atoms with Crippen molar-refractivity contribution in [2.75, 3.05) is 0 Å². The third kappa shape index (κ3) is 6.87. The molecule has 1 aliphatic heterocycles. The highest BCUT2D eigenvalue weighted by Crippen LogP contribution is 2.28. The maximum absolute atomic E-state index is 5.88. The number of benzene rings is 2. The van der Waals surface area contributed by atoms with Crippen LogP contribution in [-0.4, -0.2) is 11.2 Å². The van der Waals surface area contributed by atoms with E-state index in [1.165, 1.54) is 0 Å². The van der Waals surface area contributed by atoms with E-state index >= 15 is 0 Å². The number of rotatable bonds is 9. The summed E-state index contributed by atoms with van der Waals surface area (Å²) in [7, 11) is 0. The van der Waals surface area contributed by atoms with E-state index in [1.54, 1.807) is 6.20 Å². The van der Waals surface area contributed by atoms with Gasteiger partial charge in [0.1, 0.15) is 12.4 Å². The first-order valence-corrected chi connectivity index (χ1v) is 11.8. The van der Waals surface area contributed by atoms with E-state index < -0.39 is 0 Å². The maximum Gasteiger partial charge on any atom is 0.130 e. The summed E-state index contributed by atoms with van der Waals surface area (Å²) in [6.45, 7) is 11.0. The zero-order chi connectivity index (χ0) is 24.5. The number of hydrogen-bond donors (Lipinski definition) is 0. The summed E-state index contributed by atoms with van der Waals surface area (Å²) in [5.41, 5.74) is 8.49. The first-order valence-electron chi connectivity index (χ1n) is 11.8. The van der Waals surface area contributed by atoms with Crippen LogP contribution in [0.4, 0.5) is 5.69 Å². The van der Waals surface area contributed by atoms with Crippen LogP contribution in [-0.2, 0) is 6.61 Å². The van der Waals surface area contributed by atoms with Crippen molar-refractivity contribution >= 4 is 30.1 Å². The van der Waals surface area contributed by atoms with E-state index in [9.17, 15) is 0 Å². The molecule has 4 rings (SSSR count).